The molecule has 0 bridgehead atoms. The fraction of sp³-hybridized carbons (Fsp3) is 0.364. The lowest BCUT2D eigenvalue weighted by atomic mass is 10.2. The van der Waals surface area contributed by atoms with Crippen molar-refractivity contribution in [1.29, 1.82) is 0 Å². The molecule has 0 radical (unpaired) electrons. The molecule has 0 aromatic heterocycles. The Morgan fingerprint density at radius 3 is 2.94 bits per heavy atom. The van der Waals surface area contributed by atoms with Crippen LogP contribution in [0.1, 0.15) is 6.92 Å². The van der Waals surface area contributed by atoms with E-state index in [1.54, 1.807) is 24.1 Å². The zero-order valence-corrected chi connectivity index (χ0v) is 11.3. The van der Waals surface area contributed by atoms with E-state index in [0.29, 0.717) is 23.1 Å². The third kappa shape index (κ3) is 1.92. The van der Waals surface area contributed by atoms with Crippen LogP contribution >= 0.6 is 27.5 Å². The monoisotopic (exact) mass is 303 g/mol. The van der Waals surface area contributed by atoms with Gasteiger partial charge in [0.2, 0.25) is 5.91 Å². The van der Waals surface area contributed by atoms with Gasteiger partial charge in [-0.25, -0.2) is 0 Å². The summed E-state index contributed by atoms with van der Waals surface area (Å²) >= 11 is 9.35. The quantitative estimate of drug-likeness (QED) is 0.737. The molecule has 1 heterocycles. The lowest BCUT2D eigenvalue weighted by Crippen LogP contribution is -2.31. The molecular formula is C11H11BrClNO2. The summed E-state index contributed by atoms with van der Waals surface area (Å²) < 4.78 is 6.39. The molecule has 1 aliphatic rings. The standard InChI is InChI=1S/C11H11BrClNO2/c1-6-5-16-10-8(12)3-7(13)4-9(10)14(2)11(6)15/h3-4,6H,5H2,1-2H3. The van der Waals surface area contributed by atoms with Crippen molar-refractivity contribution in [2.24, 2.45) is 5.92 Å². The minimum Gasteiger partial charge on any atom is -0.489 e. The molecule has 0 spiro atoms. The molecule has 3 nitrogen and oxygen atoms in total. The Labute approximate surface area is 107 Å². The third-order valence-electron chi connectivity index (χ3n) is 2.58. The van der Waals surface area contributed by atoms with Crippen molar-refractivity contribution in [2.75, 3.05) is 18.6 Å². The SMILES string of the molecule is CC1COc2c(Br)cc(Cl)cc2N(C)C1=O. The largest absolute Gasteiger partial charge is 0.489 e. The molecule has 0 N–H and O–H groups in total. The van der Waals surface area contributed by atoms with E-state index in [9.17, 15) is 4.79 Å². The van der Waals surface area contributed by atoms with E-state index in [-0.39, 0.29) is 11.8 Å². The van der Waals surface area contributed by atoms with Crippen molar-refractivity contribution in [3.05, 3.63) is 21.6 Å². The minimum atomic E-state index is -0.150. The fourth-order valence-corrected chi connectivity index (χ4v) is 2.58. The molecule has 5 heteroatoms. The van der Waals surface area contributed by atoms with Gasteiger partial charge < -0.3 is 9.64 Å². The molecule has 1 unspecified atom stereocenters. The highest BCUT2D eigenvalue weighted by molar-refractivity contribution is 9.10. The van der Waals surface area contributed by atoms with Crippen molar-refractivity contribution < 1.29 is 9.53 Å². The summed E-state index contributed by atoms with van der Waals surface area (Å²) in [4.78, 5) is 13.5. The Morgan fingerprint density at radius 1 is 1.56 bits per heavy atom. The molecule has 0 fully saturated rings. The predicted molar refractivity (Wildman–Crippen MR) is 67.2 cm³/mol. The number of anilines is 1. The van der Waals surface area contributed by atoms with Crippen LogP contribution in [0, 0.1) is 5.92 Å². The summed E-state index contributed by atoms with van der Waals surface area (Å²) in [6.45, 7) is 2.23. The van der Waals surface area contributed by atoms with E-state index in [2.05, 4.69) is 15.9 Å². The Hall–Kier alpha value is -0.740. The first-order chi connectivity index (χ1) is 7.50. The van der Waals surface area contributed by atoms with E-state index in [1.807, 2.05) is 6.92 Å². The van der Waals surface area contributed by atoms with Crippen molar-refractivity contribution >= 4 is 39.1 Å². The highest BCUT2D eigenvalue weighted by Crippen LogP contribution is 2.40. The van der Waals surface area contributed by atoms with Crippen LogP contribution in [-0.4, -0.2) is 19.6 Å². The molecule has 2 rings (SSSR count). The lowest BCUT2D eigenvalue weighted by Gasteiger charge is -2.18. The molecule has 1 aromatic rings. The average molecular weight is 305 g/mol. The van der Waals surface area contributed by atoms with Crippen molar-refractivity contribution in [2.45, 2.75) is 6.92 Å². The second-order valence-electron chi connectivity index (χ2n) is 3.85. The van der Waals surface area contributed by atoms with Gasteiger partial charge in [0.15, 0.2) is 5.75 Å². The number of carbonyl (C=O) groups is 1. The number of rotatable bonds is 0. The molecular weight excluding hydrogens is 293 g/mol. The van der Waals surface area contributed by atoms with Gasteiger partial charge in [-0.3, -0.25) is 4.79 Å². The highest BCUT2D eigenvalue weighted by Gasteiger charge is 2.27. The van der Waals surface area contributed by atoms with Crippen molar-refractivity contribution in [1.82, 2.24) is 0 Å². The number of amides is 1. The number of hydrogen-bond acceptors (Lipinski definition) is 2. The zero-order chi connectivity index (χ0) is 11.9. The van der Waals surface area contributed by atoms with Crippen LogP contribution in [0.2, 0.25) is 5.02 Å². The van der Waals surface area contributed by atoms with Gasteiger partial charge in [0.05, 0.1) is 22.7 Å². The molecule has 0 saturated carbocycles. The number of fused-ring (bicyclic) bond motifs is 1. The van der Waals surface area contributed by atoms with E-state index >= 15 is 0 Å². The third-order valence-corrected chi connectivity index (χ3v) is 3.39. The summed E-state index contributed by atoms with van der Waals surface area (Å²) in [6, 6.07) is 3.49. The summed E-state index contributed by atoms with van der Waals surface area (Å²) in [5.41, 5.74) is 0.703. The number of halogens is 2. The molecule has 1 aromatic carbocycles. The van der Waals surface area contributed by atoms with Gasteiger partial charge in [0.25, 0.3) is 0 Å². The Morgan fingerprint density at radius 2 is 2.25 bits per heavy atom. The minimum absolute atomic E-state index is 0.0351. The van der Waals surface area contributed by atoms with E-state index in [1.165, 1.54) is 0 Å². The number of carbonyl (C=O) groups excluding carboxylic acids is 1. The number of benzene rings is 1. The summed E-state index contributed by atoms with van der Waals surface area (Å²) in [5, 5.41) is 0.573. The normalized spacial score (nSPS) is 20.1. The topological polar surface area (TPSA) is 29.5 Å². The van der Waals surface area contributed by atoms with Crippen LogP contribution in [0.3, 0.4) is 0 Å². The van der Waals surface area contributed by atoms with E-state index in [0.717, 1.165) is 4.47 Å². The fourth-order valence-electron chi connectivity index (χ4n) is 1.67. The highest BCUT2D eigenvalue weighted by atomic mass is 79.9. The maximum Gasteiger partial charge on any atom is 0.233 e. The smallest absolute Gasteiger partial charge is 0.233 e. The van der Waals surface area contributed by atoms with Crippen LogP contribution < -0.4 is 9.64 Å². The van der Waals surface area contributed by atoms with Gasteiger partial charge in [-0.05, 0) is 28.1 Å². The summed E-state index contributed by atoms with van der Waals surface area (Å²) in [6.07, 6.45) is 0. The van der Waals surface area contributed by atoms with Crippen LogP contribution in [0.15, 0.2) is 16.6 Å². The number of hydrogen-bond donors (Lipinski definition) is 0. The van der Waals surface area contributed by atoms with Gasteiger partial charge in [-0.2, -0.15) is 0 Å². The van der Waals surface area contributed by atoms with Gasteiger partial charge in [0, 0.05) is 12.1 Å². The van der Waals surface area contributed by atoms with Crippen LogP contribution in [-0.2, 0) is 4.79 Å². The number of ether oxygens (including phenoxy) is 1. The second-order valence-corrected chi connectivity index (χ2v) is 5.14. The van der Waals surface area contributed by atoms with Crippen LogP contribution in [0.5, 0.6) is 5.75 Å². The first kappa shape index (κ1) is 11.7. The second kappa shape index (κ2) is 4.26. The number of nitrogens with zero attached hydrogens (tertiary/aromatic N) is 1. The molecule has 1 atom stereocenters. The van der Waals surface area contributed by atoms with E-state index in [4.69, 9.17) is 16.3 Å². The van der Waals surface area contributed by atoms with Gasteiger partial charge in [-0.1, -0.05) is 18.5 Å². The maximum absolute atomic E-state index is 11.9. The molecule has 86 valence electrons. The lowest BCUT2D eigenvalue weighted by molar-refractivity contribution is -0.122. The van der Waals surface area contributed by atoms with Crippen LogP contribution in [0.4, 0.5) is 5.69 Å². The molecule has 1 aliphatic heterocycles. The molecule has 16 heavy (non-hydrogen) atoms. The predicted octanol–water partition coefficient (Wildman–Crippen LogP) is 3.09. The first-order valence-corrected chi connectivity index (χ1v) is 6.07. The Bertz CT molecular complexity index is 450. The molecule has 0 saturated heterocycles. The zero-order valence-electron chi connectivity index (χ0n) is 8.96. The van der Waals surface area contributed by atoms with Crippen molar-refractivity contribution in [3.8, 4) is 5.75 Å². The van der Waals surface area contributed by atoms with Gasteiger partial charge in [-0.15, -0.1) is 0 Å². The maximum atomic E-state index is 11.9. The Balaban J connectivity index is 2.57. The molecule has 1 amide bonds. The average Bonchev–Trinajstić information content (AvgIpc) is 2.32. The van der Waals surface area contributed by atoms with Gasteiger partial charge >= 0.3 is 0 Å². The van der Waals surface area contributed by atoms with E-state index < -0.39 is 0 Å². The van der Waals surface area contributed by atoms with Crippen molar-refractivity contribution in [3.63, 3.8) is 0 Å². The summed E-state index contributed by atoms with van der Waals surface area (Å²) in [7, 11) is 1.73. The van der Waals surface area contributed by atoms with Gasteiger partial charge in [0.1, 0.15) is 0 Å². The first-order valence-electron chi connectivity index (χ1n) is 4.90. The molecule has 0 aliphatic carbocycles. The Kier molecular flexibility index (Phi) is 3.13. The summed E-state index contributed by atoms with van der Waals surface area (Å²) in [5.74, 6) is 0.556. The van der Waals surface area contributed by atoms with Crippen LogP contribution in [0.25, 0.3) is 0 Å².